The van der Waals surface area contributed by atoms with Crippen molar-refractivity contribution in [3.05, 3.63) is 0 Å². The maximum atomic E-state index is 11.8. The van der Waals surface area contributed by atoms with Crippen molar-refractivity contribution in [3.8, 4) is 0 Å². The first-order chi connectivity index (χ1) is 9.10. The number of hydrogen-bond donors (Lipinski definition) is 0. The van der Waals surface area contributed by atoms with Crippen LogP contribution in [0.5, 0.6) is 0 Å². The van der Waals surface area contributed by atoms with Gasteiger partial charge in [0.2, 0.25) is 5.79 Å². The van der Waals surface area contributed by atoms with E-state index >= 15 is 0 Å². The van der Waals surface area contributed by atoms with E-state index in [-0.39, 0.29) is 18.5 Å². The minimum absolute atomic E-state index is 0.0427. The van der Waals surface area contributed by atoms with Gasteiger partial charge in [0.25, 0.3) is 0 Å². The Hall–Kier alpha value is -0.650. The maximum absolute atomic E-state index is 11.8. The second-order valence-corrected chi connectivity index (χ2v) is 4.01. The van der Waals surface area contributed by atoms with Crippen LogP contribution in [0.25, 0.3) is 0 Å². The van der Waals surface area contributed by atoms with Gasteiger partial charge in [0.1, 0.15) is 12.5 Å². The fourth-order valence-electron chi connectivity index (χ4n) is 2.10. The summed E-state index contributed by atoms with van der Waals surface area (Å²) >= 11 is 0. The van der Waals surface area contributed by atoms with Gasteiger partial charge >= 0.3 is 5.97 Å². The predicted molar refractivity (Wildman–Crippen MR) is 72.9 cm³/mol. The van der Waals surface area contributed by atoms with Crippen LogP contribution < -0.4 is 0 Å². The Morgan fingerprint density at radius 3 is 1.89 bits per heavy atom. The predicted octanol–water partition coefficient (Wildman–Crippen LogP) is 2.52. The maximum Gasteiger partial charge on any atom is 0.311 e. The van der Waals surface area contributed by atoms with Crippen LogP contribution in [0.1, 0.15) is 47.5 Å². The van der Waals surface area contributed by atoms with Gasteiger partial charge in [-0.25, -0.2) is 0 Å². The Morgan fingerprint density at radius 2 is 1.53 bits per heavy atom. The van der Waals surface area contributed by atoms with Crippen LogP contribution in [-0.2, 0) is 23.7 Å². The van der Waals surface area contributed by atoms with Crippen molar-refractivity contribution >= 4 is 5.97 Å². The first-order valence-electron chi connectivity index (χ1n) is 7.15. The highest BCUT2D eigenvalue weighted by Gasteiger charge is 2.43. The first kappa shape index (κ1) is 18.4. The molecule has 5 nitrogen and oxygen atoms in total. The van der Waals surface area contributed by atoms with Gasteiger partial charge in [-0.1, -0.05) is 6.92 Å². The lowest BCUT2D eigenvalue weighted by molar-refractivity contribution is -0.291. The molecule has 0 amide bonds. The first-order valence-corrected chi connectivity index (χ1v) is 7.15. The van der Waals surface area contributed by atoms with Crippen molar-refractivity contribution in [2.45, 2.75) is 59.4 Å². The molecule has 1 atom stereocenters. The van der Waals surface area contributed by atoms with Crippen molar-refractivity contribution in [2.75, 3.05) is 26.4 Å². The Morgan fingerprint density at radius 1 is 0.947 bits per heavy atom. The SMILES string of the molecule is CCOC(=O)CC(OCC)(OCC)C(CC)OCC. The number of esters is 1. The minimum Gasteiger partial charge on any atom is -0.466 e. The highest BCUT2D eigenvalue weighted by atomic mass is 16.7. The molecule has 0 heterocycles. The second kappa shape index (κ2) is 10.2. The molecule has 0 aromatic rings. The van der Waals surface area contributed by atoms with E-state index in [1.165, 1.54) is 0 Å². The zero-order valence-electron chi connectivity index (χ0n) is 12.9. The molecular formula is C14H28O5. The summed E-state index contributed by atoms with van der Waals surface area (Å²) in [6.45, 7) is 11.2. The molecule has 5 heteroatoms. The standard InChI is InChI=1S/C14H28O5/c1-6-12(16-7-2)14(18-9-4,19-10-5)11-13(15)17-8-3/h12H,6-11H2,1-5H3. The lowest BCUT2D eigenvalue weighted by Crippen LogP contribution is -2.50. The highest BCUT2D eigenvalue weighted by Crippen LogP contribution is 2.28. The third-order valence-electron chi connectivity index (χ3n) is 2.70. The molecule has 0 rings (SSSR count). The summed E-state index contributed by atoms with van der Waals surface area (Å²) < 4.78 is 22.2. The lowest BCUT2D eigenvalue weighted by atomic mass is 10.0. The molecule has 0 aliphatic heterocycles. The van der Waals surface area contributed by atoms with E-state index in [9.17, 15) is 4.79 Å². The van der Waals surface area contributed by atoms with E-state index in [0.29, 0.717) is 32.8 Å². The fourth-order valence-corrected chi connectivity index (χ4v) is 2.10. The van der Waals surface area contributed by atoms with Crippen molar-refractivity contribution < 1.29 is 23.7 Å². The van der Waals surface area contributed by atoms with Gasteiger partial charge in [-0.05, 0) is 34.1 Å². The van der Waals surface area contributed by atoms with Crippen molar-refractivity contribution in [2.24, 2.45) is 0 Å². The number of carbonyl (C=O) groups is 1. The third-order valence-corrected chi connectivity index (χ3v) is 2.70. The molecule has 0 saturated heterocycles. The zero-order valence-corrected chi connectivity index (χ0v) is 12.9. The average Bonchev–Trinajstić information content (AvgIpc) is 2.36. The monoisotopic (exact) mass is 276 g/mol. The van der Waals surface area contributed by atoms with Crippen LogP contribution in [0.4, 0.5) is 0 Å². The summed E-state index contributed by atoms with van der Waals surface area (Å²) in [6, 6.07) is 0. The molecule has 0 bridgehead atoms. The van der Waals surface area contributed by atoms with E-state index in [0.717, 1.165) is 0 Å². The molecule has 0 N–H and O–H groups in total. The number of carbonyl (C=O) groups excluding carboxylic acids is 1. The van der Waals surface area contributed by atoms with Gasteiger partial charge < -0.3 is 18.9 Å². The zero-order chi connectivity index (χ0) is 14.7. The highest BCUT2D eigenvalue weighted by molar-refractivity contribution is 5.70. The van der Waals surface area contributed by atoms with Gasteiger partial charge in [-0.2, -0.15) is 0 Å². The minimum atomic E-state index is -1.06. The van der Waals surface area contributed by atoms with Crippen molar-refractivity contribution in [1.82, 2.24) is 0 Å². The van der Waals surface area contributed by atoms with Crippen molar-refractivity contribution in [1.29, 1.82) is 0 Å². The summed E-state index contributed by atoms with van der Waals surface area (Å²) in [5.74, 6) is -1.39. The molecule has 0 aromatic carbocycles. The van der Waals surface area contributed by atoms with E-state index in [4.69, 9.17) is 18.9 Å². The van der Waals surface area contributed by atoms with Gasteiger partial charge in [0, 0.05) is 19.8 Å². The quantitative estimate of drug-likeness (QED) is 0.429. The molecule has 0 saturated carbocycles. The third kappa shape index (κ3) is 5.89. The molecule has 0 aliphatic rings. The summed E-state index contributed by atoms with van der Waals surface area (Å²) in [5.41, 5.74) is 0. The summed E-state index contributed by atoms with van der Waals surface area (Å²) in [5, 5.41) is 0. The molecular weight excluding hydrogens is 248 g/mol. The Kier molecular flexibility index (Phi) is 9.83. The van der Waals surface area contributed by atoms with E-state index in [1.54, 1.807) is 6.92 Å². The molecule has 0 radical (unpaired) electrons. The molecule has 0 spiro atoms. The molecule has 114 valence electrons. The van der Waals surface area contributed by atoms with Crippen molar-refractivity contribution in [3.63, 3.8) is 0 Å². The normalized spacial score (nSPS) is 13.3. The summed E-state index contributed by atoms with van der Waals surface area (Å²) in [6.07, 6.45) is 0.454. The van der Waals surface area contributed by atoms with Crippen LogP contribution >= 0.6 is 0 Å². The Labute approximate surface area is 116 Å². The average molecular weight is 276 g/mol. The van der Waals surface area contributed by atoms with Gasteiger partial charge in [0.15, 0.2) is 0 Å². The van der Waals surface area contributed by atoms with Gasteiger partial charge in [0.05, 0.1) is 6.61 Å². The summed E-state index contributed by atoms with van der Waals surface area (Å²) in [4.78, 5) is 11.8. The largest absolute Gasteiger partial charge is 0.466 e. The second-order valence-electron chi connectivity index (χ2n) is 4.01. The molecule has 19 heavy (non-hydrogen) atoms. The smallest absolute Gasteiger partial charge is 0.311 e. The molecule has 0 fully saturated rings. The number of ether oxygens (including phenoxy) is 4. The molecule has 1 unspecified atom stereocenters. The van der Waals surface area contributed by atoms with Crippen LogP contribution in [0, 0.1) is 0 Å². The van der Waals surface area contributed by atoms with E-state index in [2.05, 4.69) is 0 Å². The number of rotatable bonds is 11. The molecule has 0 aromatic heterocycles. The van der Waals surface area contributed by atoms with E-state index in [1.807, 2.05) is 27.7 Å². The summed E-state index contributed by atoms with van der Waals surface area (Å²) in [7, 11) is 0. The lowest BCUT2D eigenvalue weighted by Gasteiger charge is -2.38. The van der Waals surface area contributed by atoms with Crippen LogP contribution in [0.2, 0.25) is 0 Å². The fraction of sp³-hybridized carbons (Fsp3) is 0.929. The molecule has 0 aliphatic carbocycles. The number of hydrogen-bond acceptors (Lipinski definition) is 5. The van der Waals surface area contributed by atoms with Gasteiger partial charge in [-0.15, -0.1) is 0 Å². The van der Waals surface area contributed by atoms with Crippen LogP contribution in [0.3, 0.4) is 0 Å². The Balaban J connectivity index is 5.07. The topological polar surface area (TPSA) is 54.0 Å². The van der Waals surface area contributed by atoms with E-state index < -0.39 is 5.79 Å². The Bertz CT molecular complexity index is 236. The van der Waals surface area contributed by atoms with Crippen LogP contribution in [0.15, 0.2) is 0 Å². The van der Waals surface area contributed by atoms with Gasteiger partial charge in [-0.3, -0.25) is 4.79 Å². The van der Waals surface area contributed by atoms with Crippen LogP contribution in [-0.4, -0.2) is 44.3 Å².